The molecule has 0 aromatic carbocycles. The Kier molecular flexibility index (Phi) is 5.27. The third kappa shape index (κ3) is 3.91. The van der Waals surface area contributed by atoms with E-state index in [1.807, 2.05) is 21.7 Å². The highest BCUT2D eigenvalue weighted by molar-refractivity contribution is 5.92. The number of carbonyl (C=O) groups is 2. The fourth-order valence-electron chi connectivity index (χ4n) is 4.24. The number of amides is 2. The number of hydrogen-bond acceptors (Lipinski definition) is 4. The number of imidazole rings is 1. The average Bonchev–Trinajstić information content (AvgIpc) is 3.42. The van der Waals surface area contributed by atoms with Crippen molar-refractivity contribution in [2.45, 2.75) is 51.1 Å². The van der Waals surface area contributed by atoms with Gasteiger partial charge in [-0.25, -0.2) is 4.98 Å². The van der Waals surface area contributed by atoms with Gasteiger partial charge in [0.15, 0.2) is 5.76 Å². The summed E-state index contributed by atoms with van der Waals surface area (Å²) in [5, 5.41) is 3.04. The number of rotatable bonds is 3. The predicted molar refractivity (Wildman–Crippen MR) is 99.1 cm³/mol. The molecule has 0 spiro atoms. The maximum atomic E-state index is 13.2. The molecule has 7 nitrogen and oxygen atoms in total. The number of fused-ring (bicyclic) bond motifs is 1. The Hall–Kier alpha value is -2.57. The lowest BCUT2D eigenvalue weighted by molar-refractivity contribution is -0.126. The second-order valence-electron chi connectivity index (χ2n) is 7.46. The molecule has 2 atom stereocenters. The molecule has 1 N–H and O–H groups in total. The van der Waals surface area contributed by atoms with Gasteiger partial charge in [-0.15, -0.1) is 0 Å². The van der Waals surface area contributed by atoms with Gasteiger partial charge in [-0.05, 0) is 44.2 Å². The lowest BCUT2D eigenvalue weighted by atomic mass is 9.99. The minimum absolute atomic E-state index is 0.0298. The van der Waals surface area contributed by atoms with Gasteiger partial charge >= 0.3 is 0 Å². The summed E-state index contributed by atoms with van der Waals surface area (Å²) in [7, 11) is 0. The molecule has 144 valence electrons. The van der Waals surface area contributed by atoms with Gasteiger partial charge in [0, 0.05) is 31.5 Å². The number of hydrogen-bond donors (Lipinski definition) is 1. The summed E-state index contributed by atoms with van der Waals surface area (Å²) >= 11 is 0. The zero-order valence-corrected chi connectivity index (χ0v) is 15.5. The summed E-state index contributed by atoms with van der Waals surface area (Å²) in [4.78, 5) is 31.6. The highest BCUT2D eigenvalue weighted by Gasteiger charge is 2.39. The van der Waals surface area contributed by atoms with Crippen LogP contribution in [-0.2, 0) is 11.3 Å². The third-order valence-corrected chi connectivity index (χ3v) is 5.62. The highest BCUT2D eigenvalue weighted by atomic mass is 16.4. The molecule has 2 amide bonds. The average molecular weight is 370 g/mol. The first-order valence-electron chi connectivity index (χ1n) is 9.85. The van der Waals surface area contributed by atoms with E-state index in [0.29, 0.717) is 18.8 Å². The molecule has 1 saturated carbocycles. The topological polar surface area (TPSA) is 80.4 Å². The Morgan fingerprint density at radius 1 is 1.22 bits per heavy atom. The Bertz CT molecular complexity index is 783. The summed E-state index contributed by atoms with van der Waals surface area (Å²) in [5.74, 6) is 0.966. The van der Waals surface area contributed by atoms with Crippen LogP contribution in [0.1, 0.15) is 54.8 Å². The van der Waals surface area contributed by atoms with Crippen LogP contribution in [-0.4, -0.2) is 45.4 Å². The summed E-state index contributed by atoms with van der Waals surface area (Å²) in [5.41, 5.74) is 0. The van der Waals surface area contributed by atoms with Gasteiger partial charge in [0.1, 0.15) is 5.76 Å². The van der Waals surface area contributed by atoms with Crippen molar-refractivity contribution in [2.24, 2.45) is 5.92 Å². The van der Waals surface area contributed by atoms with Crippen LogP contribution in [0.15, 0.2) is 35.3 Å². The van der Waals surface area contributed by atoms with E-state index in [1.54, 1.807) is 18.6 Å². The van der Waals surface area contributed by atoms with Crippen LogP contribution in [0.4, 0.5) is 0 Å². The summed E-state index contributed by atoms with van der Waals surface area (Å²) in [6.07, 6.45) is 10.9. The molecule has 2 aromatic heterocycles. The summed E-state index contributed by atoms with van der Waals surface area (Å²) in [6.45, 7) is 1.97. The predicted octanol–water partition coefficient (Wildman–Crippen LogP) is 2.44. The second kappa shape index (κ2) is 7.98. The number of nitrogens with zero attached hydrogens (tertiary/aromatic N) is 3. The van der Waals surface area contributed by atoms with Gasteiger partial charge in [-0.3, -0.25) is 9.59 Å². The molecule has 0 radical (unpaired) electrons. The number of carbonyl (C=O) groups excluding carboxylic acids is 2. The van der Waals surface area contributed by atoms with Crippen LogP contribution in [0.25, 0.3) is 0 Å². The zero-order chi connectivity index (χ0) is 18.6. The maximum absolute atomic E-state index is 13.2. The van der Waals surface area contributed by atoms with Gasteiger partial charge in [0.25, 0.3) is 5.91 Å². The molecule has 3 heterocycles. The normalized spacial score (nSPS) is 23.7. The first-order valence-corrected chi connectivity index (χ1v) is 9.85. The SMILES string of the molecule is O=C1NCCCCCN(C(=O)c2ccc(Cn3ccnc3)o2)C2CCCC12. The molecular formula is C20H26N4O3. The van der Waals surface area contributed by atoms with Crippen molar-refractivity contribution in [3.05, 3.63) is 42.4 Å². The van der Waals surface area contributed by atoms with E-state index >= 15 is 0 Å². The molecule has 1 saturated heterocycles. The van der Waals surface area contributed by atoms with Crippen molar-refractivity contribution >= 4 is 11.8 Å². The highest BCUT2D eigenvalue weighted by Crippen LogP contribution is 2.32. The lowest BCUT2D eigenvalue weighted by Crippen LogP contribution is -2.48. The van der Waals surface area contributed by atoms with E-state index in [9.17, 15) is 9.59 Å². The number of aromatic nitrogens is 2. The fraction of sp³-hybridized carbons (Fsp3) is 0.550. The van der Waals surface area contributed by atoms with Crippen molar-refractivity contribution in [3.63, 3.8) is 0 Å². The molecule has 2 unspecified atom stereocenters. The molecule has 2 aliphatic rings. The van der Waals surface area contributed by atoms with Crippen LogP contribution in [0.3, 0.4) is 0 Å². The van der Waals surface area contributed by atoms with Crippen molar-refractivity contribution in [1.29, 1.82) is 0 Å². The Morgan fingerprint density at radius 2 is 2.15 bits per heavy atom. The van der Waals surface area contributed by atoms with Crippen LogP contribution >= 0.6 is 0 Å². The number of furan rings is 1. The van der Waals surface area contributed by atoms with Gasteiger partial charge in [-0.1, -0.05) is 6.42 Å². The van der Waals surface area contributed by atoms with Crippen LogP contribution in [0.5, 0.6) is 0 Å². The van der Waals surface area contributed by atoms with Crippen molar-refractivity contribution in [2.75, 3.05) is 13.1 Å². The van der Waals surface area contributed by atoms with Gasteiger partial charge < -0.3 is 19.2 Å². The minimum Gasteiger partial charge on any atom is -0.454 e. The van der Waals surface area contributed by atoms with Crippen molar-refractivity contribution in [3.8, 4) is 0 Å². The largest absolute Gasteiger partial charge is 0.454 e. The number of nitrogens with one attached hydrogen (secondary N) is 1. The molecule has 1 aliphatic heterocycles. The molecule has 7 heteroatoms. The fourth-order valence-corrected chi connectivity index (χ4v) is 4.24. The van der Waals surface area contributed by atoms with Crippen molar-refractivity contribution < 1.29 is 14.0 Å². The lowest BCUT2D eigenvalue weighted by Gasteiger charge is -2.33. The molecule has 27 heavy (non-hydrogen) atoms. The van der Waals surface area contributed by atoms with E-state index in [-0.39, 0.29) is 23.8 Å². The van der Waals surface area contributed by atoms with E-state index < -0.39 is 0 Å². The van der Waals surface area contributed by atoms with Crippen molar-refractivity contribution in [1.82, 2.24) is 19.8 Å². The minimum atomic E-state index is -0.104. The molecule has 2 aromatic rings. The summed E-state index contributed by atoms with van der Waals surface area (Å²) in [6, 6.07) is 3.56. The molecule has 0 bridgehead atoms. The van der Waals surface area contributed by atoms with Crippen LogP contribution in [0.2, 0.25) is 0 Å². The molecular weight excluding hydrogens is 344 g/mol. The van der Waals surface area contributed by atoms with E-state index in [0.717, 1.165) is 50.8 Å². The Balaban J connectivity index is 1.52. The molecule has 4 rings (SSSR count). The monoisotopic (exact) mass is 370 g/mol. The van der Waals surface area contributed by atoms with Crippen LogP contribution < -0.4 is 5.32 Å². The smallest absolute Gasteiger partial charge is 0.289 e. The van der Waals surface area contributed by atoms with E-state index in [1.165, 1.54) is 0 Å². The third-order valence-electron chi connectivity index (χ3n) is 5.62. The first kappa shape index (κ1) is 17.8. The van der Waals surface area contributed by atoms with Crippen LogP contribution in [0, 0.1) is 5.92 Å². The van der Waals surface area contributed by atoms with E-state index in [2.05, 4.69) is 10.3 Å². The van der Waals surface area contributed by atoms with Gasteiger partial charge in [-0.2, -0.15) is 0 Å². The molecule has 2 fully saturated rings. The Morgan fingerprint density at radius 3 is 3.00 bits per heavy atom. The maximum Gasteiger partial charge on any atom is 0.289 e. The first-order chi connectivity index (χ1) is 13.2. The standard InChI is InChI=1S/C20H26N4O3/c25-19-16-5-4-6-17(16)24(11-3-1-2-9-22-19)20(26)18-8-7-15(27-18)13-23-12-10-21-14-23/h7-8,10,12,14,16-17H,1-6,9,11,13H2,(H,22,25). The van der Waals surface area contributed by atoms with E-state index in [4.69, 9.17) is 4.42 Å². The zero-order valence-electron chi connectivity index (χ0n) is 15.5. The second-order valence-corrected chi connectivity index (χ2v) is 7.46. The summed E-state index contributed by atoms with van der Waals surface area (Å²) < 4.78 is 7.73. The molecule has 1 aliphatic carbocycles. The van der Waals surface area contributed by atoms with Gasteiger partial charge in [0.05, 0.1) is 18.8 Å². The quantitative estimate of drug-likeness (QED) is 0.900. The Labute approximate surface area is 158 Å². The van der Waals surface area contributed by atoms with Gasteiger partial charge in [0.2, 0.25) is 5.91 Å².